The maximum Gasteiger partial charge on any atom is 0.463 e. The third kappa shape index (κ3) is 4.83. The van der Waals surface area contributed by atoms with E-state index in [4.69, 9.17) is 16.3 Å². The quantitative estimate of drug-likeness (QED) is 0.390. The third-order valence-corrected chi connectivity index (χ3v) is 6.37. The number of hydrogen-bond acceptors (Lipinski definition) is 4. The molecule has 2 aromatic rings. The van der Waals surface area contributed by atoms with Crippen LogP contribution in [-0.4, -0.2) is 31.0 Å². The first-order valence-electron chi connectivity index (χ1n) is 9.51. The molecule has 0 aliphatic heterocycles. The Morgan fingerprint density at radius 3 is 2.41 bits per heavy atom. The molecule has 0 unspecified atom stereocenters. The lowest BCUT2D eigenvalue weighted by atomic mass is 10.0. The van der Waals surface area contributed by atoms with E-state index in [0.717, 1.165) is 24.2 Å². The normalized spacial score (nSPS) is 14.3. The van der Waals surface area contributed by atoms with Crippen molar-refractivity contribution in [3.8, 4) is 5.75 Å². The molecule has 0 fully saturated rings. The van der Waals surface area contributed by atoms with Crippen LogP contribution in [0.2, 0.25) is 5.02 Å². The Balaban J connectivity index is 2.00. The van der Waals surface area contributed by atoms with E-state index >= 15 is 0 Å². The van der Waals surface area contributed by atoms with Crippen molar-refractivity contribution in [2.24, 2.45) is 0 Å². The Labute approximate surface area is 188 Å². The highest BCUT2D eigenvalue weighted by atomic mass is 35.5. The van der Waals surface area contributed by atoms with Crippen molar-refractivity contribution in [2.75, 3.05) is 17.7 Å². The second-order valence-electron chi connectivity index (χ2n) is 7.09. The first-order chi connectivity index (χ1) is 15.0. The zero-order valence-corrected chi connectivity index (χ0v) is 18.2. The molecule has 1 aromatic heterocycles. The molecule has 5 nitrogen and oxygen atoms in total. The van der Waals surface area contributed by atoms with Crippen molar-refractivity contribution in [1.29, 1.82) is 0 Å². The number of carbonyl (C=O) groups excluding carboxylic acids is 2. The van der Waals surface area contributed by atoms with Crippen molar-refractivity contribution in [1.82, 2.24) is 0 Å². The molecule has 1 aliphatic carbocycles. The highest BCUT2D eigenvalue weighted by molar-refractivity contribution is 7.17. The summed E-state index contributed by atoms with van der Waals surface area (Å²) in [5, 5.41) is 4.11. The van der Waals surface area contributed by atoms with E-state index in [1.165, 1.54) is 25.3 Å². The van der Waals surface area contributed by atoms with Crippen LogP contribution in [0.4, 0.5) is 32.6 Å². The van der Waals surface area contributed by atoms with Gasteiger partial charge in [0.15, 0.2) is 0 Å². The molecule has 0 radical (unpaired) electrons. The van der Waals surface area contributed by atoms with E-state index in [-0.39, 0.29) is 27.0 Å². The minimum absolute atomic E-state index is 0.139. The van der Waals surface area contributed by atoms with Crippen LogP contribution in [0.15, 0.2) is 18.2 Å². The molecule has 32 heavy (non-hydrogen) atoms. The summed E-state index contributed by atoms with van der Waals surface area (Å²) in [5.41, 5.74) is 0.563. The van der Waals surface area contributed by atoms with Crippen LogP contribution >= 0.6 is 22.9 Å². The van der Waals surface area contributed by atoms with Gasteiger partial charge in [-0.3, -0.25) is 9.59 Å². The topological polar surface area (TPSA) is 67.4 Å². The van der Waals surface area contributed by atoms with Gasteiger partial charge in [0.1, 0.15) is 10.8 Å². The minimum atomic E-state index is -6.07. The molecule has 3 rings (SSSR count). The Kier molecular flexibility index (Phi) is 6.99. The van der Waals surface area contributed by atoms with Gasteiger partial charge in [0.2, 0.25) is 0 Å². The summed E-state index contributed by atoms with van der Waals surface area (Å²) in [6.07, 6.45) is -2.78. The van der Waals surface area contributed by atoms with Gasteiger partial charge < -0.3 is 15.4 Å². The van der Waals surface area contributed by atoms with Crippen LogP contribution < -0.4 is 15.4 Å². The van der Waals surface area contributed by atoms with Crippen LogP contribution in [0.5, 0.6) is 5.75 Å². The molecule has 1 aliphatic rings. The van der Waals surface area contributed by atoms with Gasteiger partial charge in [-0.2, -0.15) is 22.0 Å². The predicted octanol–water partition coefficient (Wildman–Crippen LogP) is 6.07. The number of halogens is 6. The largest absolute Gasteiger partial charge is 0.495 e. The van der Waals surface area contributed by atoms with Crippen molar-refractivity contribution in [3.05, 3.63) is 39.2 Å². The summed E-state index contributed by atoms with van der Waals surface area (Å²) < 4.78 is 70.1. The fourth-order valence-corrected chi connectivity index (χ4v) is 4.80. The summed E-state index contributed by atoms with van der Waals surface area (Å²) >= 11 is 6.79. The summed E-state index contributed by atoms with van der Waals surface area (Å²) in [6, 6.07) is 4.43. The summed E-state index contributed by atoms with van der Waals surface area (Å²) in [7, 11) is 1.36. The number of hydrogen-bond donors (Lipinski definition) is 2. The van der Waals surface area contributed by atoms with E-state index in [9.17, 15) is 31.5 Å². The molecule has 0 saturated carbocycles. The van der Waals surface area contributed by atoms with E-state index in [1.54, 1.807) is 5.32 Å². The van der Waals surface area contributed by atoms with Gasteiger partial charge in [-0.05, 0) is 49.4 Å². The number of anilines is 2. The first-order valence-corrected chi connectivity index (χ1v) is 10.7. The number of methoxy groups -OCH3 is 1. The highest BCUT2D eigenvalue weighted by Crippen LogP contribution is 2.41. The number of carbonyl (C=O) groups is 2. The zero-order valence-electron chi connectivity index (χ0n) is 16.7. The maximum atomic E-state index is 13.5. The zero-order chi connectivity index (χ0) is 23.7. The van der Waals surface area contributed by atoms with Crippen LogP contribution in [0, 0.1) is 0 Å². The van der Waals surface area contributed by atoms with Gasteiger partial charge in [-0.15, -0.1) is 11.3 Å². The van der Waals surface area contributed by atoms with Gasteiger partial charge in [0.25, 0.3) is 5.91 Å². The summed E-state index contributed by atoms with van der Waals surface area (Å²) in [6.45, 7) is 0. The Morgan fingerprint density at radius 1 is 1.06 bits per heavy atom. The second kappa shape index (κ2) is 9.22. The molecular formula is C20H18ClF5N2O3S. The molecule has 0 bridgehead atoms. The third-order valence-electron chi connectivity index (χ3n) is 4.93. The van der Waals surface area contributed by atoms with Gasteiger partial charge in [0.05, 0.1) is 18.4 Å². The van der Waals surface area contributed by atoms with Crippen molar-refractivity contribution >= 4 is 45.4 Å². The lowest BCUT2D eigenvalue weighted by Crippen LogP contribution is -2.47. The van der Waals surface area contributed by atoms with E-state index in [1.807, 2.05) is 0 Å². The van der Waals surface area contributed by atoms with E-state index < -0.39 is 23.9 Å². The van der Waals surface area contributed by atoms with Gasteiger partial charge >= 0.3 is 18.0 Å². The molecule has 2 amide bonds. The molecule has 2 N–H and O–H groups in total. The van der Waals surface area contributed by atoms with Gasteiger partial charge in [0, 0.05) is 9.90 Å². The number of thiophene rings is 1. The molecule has 1 heterocycles. The number of amides is 2. The Morgan fingerprint density at radius 2 is 1.75 bits per heavy atom. The van der Waals surface area contributed by atoms with Crippen LogP contribution in [-0.2, 0) is 17.6 Å². The minimum Gasteiger partial charge on any atom is -0.495 e. The number of rotatable bonds is 5. The molecule has 12 heteroatoms. The van der Waals surface area contributed by atoms with Crippen LogP contribution in [0.25, 0.3) is 0 Å². The van der Waals surface area contributed by atoms with E-state index in [0.29, 0.717) is 29.7 Å². The smallest absolute Gasteiger partial charge is 0.463 e. The Hall–Kier alpha value is -2.40. The first kappa shape index (κ1) is 24.2. The average Bonchev–Trinajstić information content (AvgIpc) is 2.87. The number of benzene rings is 1. The van der Waals surface area contributed by atoms with Crippen LogP contribution in [0.3, 0.4) is 0 Å². The number of nitrogens with one attached hydrogen (secondary N) is 2. The average molecular weight is 497 g/mol. The fourth-order valence-electron chi connectivity index (χ4n) is 3.34. The summed E-state index contributed by atoms with van der Waals surface area (Å²) in [4.78, 5) is 25.6. The number of ether oxygens (including phenoxy) is 1. The Bertz CT molecular complexity index is 1040. The van der Waals surface area contributed by atoms with Crippen LogP contribution in [0.1, 0.15) is 40.1 Å². The number of aryl methyl sites for hydroxylation is 1. The molecule has 0 spiro atoms. The van der Waals surface area contributed by atoms with Crippen molar-refractivity contribution in [2.45, 2.75) is 44.2 Å². The molecule has 174 valence electrons. The molecule has 0 atom stereocenters. The maximum absolute atomic E-state index is 13.5. The SMILES string of the molecule is COc1ccc(Cl)cc1NC(=O)c1c(NC(=O)C(F)(F)C(F)(F)F)sc2c1CCCCC2. The highest BCUT2D eigenvalue weighted by Gasteiger charge is 2.63. The van der Waals surface area contributed by atoms with E-state index in [2.05, 4.69) is 5.32 Å². The van der Waals surface area contributed by atoms with Gasteiger partial charge in [-0.25, -0.2) is 0 Å². The number of alkyl halides is 5. The lowest BCUT2D eigenvalue weighted by molar-refractivity contribution is -0.267. The summed E-state index contributed by atoms with van der Waals surface area (Å²) in [5.74, 6) is -8.68. The second-order valence-corrected chi connectivity index (χ2v) is 8.64. The van der Waals surface area contributed by atoms with Crippen molar-refractivity contribution < 1.29 is 36.3 Å². The molecular weight excluding hydrogens is 479 g/mol. The number of fused-ring (bicyclic) bond motifs is 1. The lowest BCUT2D eigenvalue weighted by Gasteiger charge is -2.19. The van der Waals surface area contributed by atoms with Crippen molar-refractivity contribution in [3.63, 3.8) is 0 Å². The van der Waals surface area contributed by atoms with Gasteiger partial charge in [-0.1, -0.05) is 18.0 Å². The molecule has 1 aromatic carbocycles. The predicted molar refractivity (Wildman–Crippen MR) is 111 cm³/mol. The monoisotopic (exact) mass is 496 g/mol. The standard InChI is InChI=1S/C20H18ClF5N2O3S/c1-31-13-8-7-10(21)9-12(13)27-16(29)15-11-5-3-2-4-6-14(11)32-17(15)28-18(30)19(22,23)20(24,25)26/h7-9H,2-6H2,1H3,(H,27,29)(H,28,30). The molecule has 0 saturated heterocycles. The fraction of sp³-hybridized carbons (Fsp3) is 0.400.